The molecule has 0 saturated carbocycles. The number of hydrogen-bond acceptors (Lipinski definition) is 5. The topological polar surface area (TPSA) is 56.1 Å². The van der Waals surface area contributed by atoms with Crippen molar-refractivity contribution in [3.63, 3.8) is 0 Å². The normalized spacial score (nSPS) is 18.3. The zero-order chi connectivity index (χ0) is 15.6. The van der Waals surface area contributed by atoms with Crippen LogP contribution < -0.4 is 0 Å². The van der Waals surface area contributed by atoms with Crippen molar-refractivity contribution in [2.24, 2.45) is 0 Å². The second kappa shape index (κ2) is 6.14. The zero-order valence-corrected chi connectivity index (χ0v) is 13.4. The maximum Gasteiger partial charge on any atom is 0.196 e. The molecule has 1 aliphatic heterocycles. The van der Waals surface area contributed by atoms with E-state index in [9.17, 15) is 0 Å². The van der Waals surface area contributed by atoms with Crippen molar-refractivity contribution in [3.8, 4) is 0 Å². The molecule has 6 heteroatoms. The van der Waals surface area contributed by atoms with E-state index in [0.717, 1.165) is 32.1 Å². The number of rotatable bonds is 3. The smallest absolute Gasteiger partial charge is 0.196 e. The van der Waals surface area contributed by atoms with Crippen LogP contribution in [0, 0.1) is 0 Å². The standard InChI is InChI=1S/C16H23N5O/c1-16(2,3)21-18-15(17-19-21)14(13-7-5-4-6-8-13)20-9-11-22-12-10-20/h4-8,14H,9-12H2,1-3H3. The van der Waals surface area contributed by atoms with E-state index >= 15 is 0 Å². The van der Waals surface area contributed by atoms with Gasteiger partial charge in [0.05, 0.1) is 24.8 Å². The van der Waals surface area contributed by atoms with E-state index in [4.69, 9.17) is 4.74 Å². The number of ether oxygens (including phenoxy) is 1. The molecule has 1 atom stereocenters. The molecule has 0 amide bonds. The Morgan fingerprint density at radius 3 is 2.36 bits per heavy atom. The molecule has 1 fully saturated rings. The fraction of sp³-hybridized carbons (Fsp3) is 0.562. The van der Waals surface area contributed by atoms with Gasteiger partial charge in [-0.25, -0.2) is 0 Å². The SMILES string of the molecule is CC(C)(C)n1nnc(C(c2ccccc2)N2CCOCC2)n1. The zero-order valence-electron chi connectivity index (χ0n) is 13.4. The van der Waals surface area contributed by atoms with Gasteiger partial charge in [-0.15, -0.1) is 10.2 Å². The number of morpholine rings is 1. The van der Waals surface area contributed by atoms with Gasteiger partial charge in [0.25, 0.3) is 0 Å². The van der Waals surface area contributed by atoms with Gasteiger partial charge >= 0.3 is 0 Å². The van der Waals surface area contributed by atoms with Crippen LogP contribution in [-0.4, -0.2) is 51.4 Å². The first kappa shape index (κ1) is 15.1. The van der Waals surface area contributed by atoms with Gasteiger partial charge in [0.15, 0.2) is 5.82 Å². The number of benzene rings is 1. The van der Waals surface area contributed by atoms with E-state index < -0.39 is 0 Å². The molecule has 1 aromatic carbocycles. The van der Waals surface area contributed by atoms with Gasteiger partial charge in [0.2, 0.25) is 0 Å². The van der Waals surface area contributed by atoms with Crippen molar-refractivity contribution < 1.29 is 4.74 Å². The van der Waals surface area contributed by atoms with E-state index in [1.807, 2.05) is 6.07 Å². The van der Waals surface area contributed by atoms with Gasteiger partial charge in [-0.2, -0.15) is 4.80 Å². The highest BCUT2D eigenvalue weighted by Gasteiger charge is 2.29. The minimum absolute atomic E-state index is 0.0289. The number of hydrogen-bond donors (Lipinski definition) is 0. The van der Waals surface area contributed by atoms with Crippen LogP contribution in [0.2, 0.25) is 0 Å². The van der Waals surface area contributed by atoms with Crippen LogP contribution in [0.5, 0.6) is 0 Å². The first-order valence-corrected chi connectivity index (χ1v) is 7.73. The summed E-state index contributed by atoms with van der Waals surface area (Å²) in [5.74, 6) is 0.753. The van der Waals surface area contributed by atoms with Crippen molar-refractivity contribution in [1.82, 2.24) is 25.1 Å². The molecule has 0 radical (unpaired) electrons. The second-order valence-corrected chi connectivity index (χ2v) is 6.57. The predicted molar refractivity (Wildman–Crippen MR) is 83.5 cm³/mol. The lowest BCUT2D eigenvalue weighted by Crippen LogP contribution is -2.40. The Hall–Kier alpha value is -1.79. The molecule has 2 aromatic rings. The summed E-state index contributed by atoms with van der Waals surface area (Å²) in [6.07, 6.45) is 0. The minimum Gasteiger partial charge on any atom is -0.379 e. The third kappa shape index (κ3) is 3.18. The van der Waals surface area contributed by atoms with Crippen molar-refractivity contribution in [3.05, 3.63) is 41.7 Å². The summed E-state index contributed by atoms with van der Waals surface area (Å²) < 4.78 is 5.48. The van der Waals surface area contributed by atoms with Gasteiger partial charge in [-0.3, -0.25) is 4.90 Å². The summed E-state index contributed by atoms with van der Waals surface area (Å²) >= 11 is 0. The molecule has 1 unspecified atom stereocenters. The molecule has 0 aliphatic carbocycles. The first-order valence-electron chi connectivity index (χ1n) is 7.73. The molecule has 22 heavy (non-hydrogen) atoms. The van der Waals surface area contributed by atoms with Crippen molar-refractivity contribution in [2.45, 2.75) is 32.4 Å². The minimum atomic E-state index is -0.169. The van der Waals surface area contributed by atoms with Gasteiger partial charge in [-0.05, 0) is 31.5 Å². The lowest BCUT2D eigenvalue weighted by atomic mass is 10.0. The maximum atomic E-state index is 5.48. The lowest BCUT2D eigenvalue weighted by molar-refractivity contribution is 0.0223. The molecule has 0 spiro atoms. The van der Waals surface area contributed by atoms with Crippen LogP contribution in [0.25, 0.3) is 0 Å². The third-order valence-corrected chi connectivity index (χ3v) is 3.80. The van der Waals surface area contributed by atoms with E-state index in [1.165, 1.54) is 5.56 Å². The van der Waals surface area contributed by atoms with Crippen molar-refractivity contribution in [1.29, 1.82) is 0 Å². The Balaban J connectivity index is 1.96. The average molecular weight is 301 g/mol. The van der Waals surface area contributed by atoms with E-state index in [2.05, 4.69) is 65.3 Å². The predicted octanol–water partition coefficient (Wildman–Crippen LogP) is 1.85. The Bertz CT molecular complexity index is 598. The van der Waals surface area contributed by atoms with E-state index in [0.29, 0.717) is 0 Å². The van der Waals surface area contributed by atoms with Crippen molar-refractivity contribution in [2.75, 3.05) is 26.3 Å². The molecule has 1 aliphatic rings. The largest absolute Gasteiger partial charge is 0.379 e. The molecule has 6 nitrogen and oxygen atoms in total. The maximum absolute atomic E-state index is 5.48. The van der Waals surface area contributed by atoms with Gasteiger partial charge in [0, 0.05) is 13.1 Å². The summed E-state index contributed by atoms with van der Waals surface area (Å²) in [5, 5.41) is 13.2. The molecule has 0 N–H and O–H groups in total. The Kier molecular flexibility index (Phi) is 4.22. The van der Waals surface area contributed by atoms with Crippen LogP contribution in [0.15, 0.2) is 30.3 Å². The lowest BCUT2D eigenvalue weighted by Gasteiger charge is -2.33. The molecular formula is C16H23N5O. The average Bonchev–Trinajstić information content (AvgIpc) is 2.99. The summed E-state index contributed by atoms with van der Waals surface area (Å²) in [5.41, 5.74) is 1.02. The molecular weight excluding hydrogens is 278 g/mol. The molecule has 1 aromatic heterocycles. The third-order valence-electron chi connectivity index (χ3n) is 3.80. The van der Waals surface area contributed by atoms with Crippen LogP contribution in [0.3, 0.4) is 0 Å². The van der Waals surface area contributed by atoms with Crippen molar-refractivity contribution >= 4 is 0 Å². The van der Waals surface area contributed by atoms with Crippen LogP contribution in [0.4, 0.5) is 0 Å². The highest BCUT2D eigenvalue weighted by atomic mass is 16.5. The number of nitrogens with zero attached hydrogens (tertiary/aromatic N) is 5. The molecule has 0 bridgehead atoms. The van der Waals surface area contributed by atoms with Gasteiger partial charge < -0.3 is 4.74 Å². The Labute approximate surface area is 131 Å². The quantitative estimate of drug-likeness (QED) is 0.866. The second-order valence-electron chi connectivity index (χ2n) is 6.57. The number of aromatic nitrogens is 4. The Morgan fingerprint density at radius 1 is 1.09 bits per heavy atom. The fourth-order valence-electron chi connectivity index (χ4n) is 2.61. The highest BCUT2D eigenvalue weighted by Crippen LogP contribution is 2.27. The van der Waals surface area contributed by atoms with E-state index in [1.54, 1.807) is 4.80 Å². The summed E-state index contributed by atoms with van der Waals surface area (Å²) in [7, 11) is 0. The van der Waals surface area contributed by atoms with E-state index in [-0.39, 0.29) is 11.6 Å². The molecule has 3 rings (SSSR count). The Morgan fingerprint density at radius 2 is 1.77 bits per heavy atom. The van der Waals surface area contributed by atoms with Crippen LogP contribution >= 0.6 is 0 Å². The van der Waals surface area contributed by atoms with Gasteiger partial charge in [0.1, 0.15) is 0 Å². The summed E-state index contributed by atoms with van der Waals surface area (Å²) in [4.78, 5) is 4.06. The van der Waals surface area contributed by atoms with Gasteiger partial charge in [-0.1, -0.05) is 30.3 Å². The summed E-state index contributed by atoms with van der Waals surface area (Å²) in [6.45, 7) is 9.47. The first-order chi connectivity index (χ1) is 10.6. The van der Waals surface area contributed by atoms with Crippen LogP contribution in [-0.2, 0) is 10.3 Å². The molecule has 1 saturated heterocycles. The molecule has 2 heterocycles. The molecule has 118 valence electrons. The highest BCUT2D eigenvalue weighted by molar-refractivity contribution is 5.24. The van der Waals surface area contributed by atoms with Crippen LogP contribution in [0.1, 0.15) is 38.2 Å². The monoisotopic (exact) mass is 301 g/mol. The summed E-state index contributed by atoms with van der Waals surface area (Å²) in [6, 6.07) is 10.4. The fourth-order valence-corrected chi connectivity index (χ4v) is 2.61. The number of tetrazole rings is 1.